The first-order chi connectivity index (χ1) is 13.3. The molecule has 9 nitrogen and oxygen atoms in total. The molecule has 1 aromatic carbocycles. The molecule has 0 saturated carbocycles. The average Bonchev–Trinajstić information content (AvgIpc) is 2.66. The van der Waals surface area contributed by atoms with E-state index < -0.39 is 24.0 Å². The number of benzene rings is 1. The Labute approximate surface area is 161 Å². The summed E-state index contributed by atoms with van der Waals surface area (Å²) in [6.07, 6.45) is 2.55. The predicted octanol–water partition coefficient (Wildman–Crippen LogP) is 1.72. The summed E-state index contributed by atoms with van der Waals surface area (Å²) in [5.41, 5.74) is 4.54. The third kappa shape index (κ3) is 5.15. The lowest BCUT2D eigenvalue weighted by molar-refractivity contribution is -0.127. The van der Waals surface area contributed by atoms with Gasteiger partial charge in [0.1, 0.15) is 0 Å². The van der Waals surface area contributed by atoms with Crippen LogP contribution in [0.5, 0.6) is 0 Å². The zero-order valence-corrected chi connectivity index (χ0v) is 15.9. The summed E-state index contributed by atoms with van der Waals surface area (Å²) in [5.74, 6) is -1.72. The number of carbonyl (C=O) groups is 3. The van der Waals surface area contributed by atoms with Crippen molar-refractivity contribution in [1.82, 2.24) is 15.1 Å². The number of esters is 1. The maximum absolute atomic E-state index is 12.7. The van der Waals surface area contributed by atoms with Crippen LogP contribution in [-0.2, 0) is 16.1 Å². The SMILES string of the molecule is CCCCCCn1nc(C(=O)O[C@@H](C)C(=O)NC(N)=O)c2ccccc2c1=O. The maximum atomic E-state index is 12.7. The van der Waals surface area contributed by atoms with Crippen LogP contribution >= 0.6 is 0 Å². The fraction of sp³-hybridized carbons (Fsp3) is 0.421. The molecular formula is C19H24N4O5. The second-order valence-corrected chi connectivity index (χ2v) is 6.38. The Balaban J connectivity index is 2.32. The summed E-state index contributed by atoms with van der Waals surface area (Å²) >= 11 is 0. The van der Waals surface area contributed by atoms with E-state index in [9.17, 15) is 19.2 Å². The third-order valence-electron chi connectivity index (χ3n) is 4.18. The lowest BCUT2D eigenvalue weighted by Gasteiger charge is -2.14. The molecule has 0 spiro atoms. The smallest absolute Gasteiger partial charge is 0.360 e. The number of fused-ring (bicyclic) bond motifs is 1. The van der Waals surface area contributed by atoms with Crippen LogP contribution in [0.25, 0.3) is 10.8 Å². The number of hydrogen-bond acceptors (Lipinski definition) is 6. The summed E-state index contributed by atoms with van der Waals surface area (Å²) < 4.78 is 6.36. The molecule has 0 unspecified atom stereocenters. The summed E-state index contributed by atoms with van der Waals surface area (Å²) in [6.45, 7) is 3.77. The van der Waals surface area contributed by atoms with Crippen molar-refractivity contribution in [2.75, 3.05) is 0 Å². The van der Waals surface area contributed by atoms with Crippen molar-refractivity contribution in [3.05, 3.63) is 40.3 Å². The largest absolute Gasteiger partial charge is 0.448 e. The number of aromatic nitrogens is 2. The van der Waals surface area contributed by atoms with E-state index in [1.165, 1.54) is 11.6 Å². The minimum Gasteiger partial charge on any atom is -0.448 e. The van der Waals surface area contributed by atoms with Gasteiger partial charge >= 0.3 is 12.0 Å². The first-order valence-electron chi connectivity index (χ1n) is 9.16. The Morgan fingerprint density at radius 3 is 2.50 bits per heavy atom. The van der Waals surface area contributed by atoms with Gasteiger partial charge in [0.2, 0.25) is 0 Å². The fourth-order valence-corrected chi connectivity index (χ4v) is 2.72. The highest BCUT2D eigenvalue weighted by Gasteiger charge is 2.23. The van der Waals surface area contributed by atoms with E-state index in [0.717, 1.165) is 25.7 Å². The van der Waals surface area contributed by atoms with Crippen molar-refractivity contribution < 1.29 is 19.1 Å². The molecule has 1 atom stereocenters. The van der Waals surface area contributed by atoms with Crippen LogP contribution in [0.15, 0.2) is 29.1 Å². The van der Waals surface area contributed by atoms with Gasteiger partial charge in [0.15, 0.2) is 11.8 Å². The van der Waals surface area contributed by atoms with Crippen molar-refractivity contribution >= 4 is 28.7 Å². The lowest BCUT2D eigenvalue weighted by atomic mass is 10.1. The highest BCUT2D eigenvalue weighted by Crippen LogP contribution is 2.15. The Bertz CT molecular complexity index is 938. The molecule has 2 rings (SSSR count). The number of hydrogen-bond donors (Lipinski definition) is 2. The minimum atomic E-state index is -1.26. The zero-order valence-electron chi connectivity index (χ0n) is 15.9. The molecule has 3 N–H and O–H groups in total. The molecule has 28 heavy (non-hydrogen) atoms. The van der Waals surface area contributed by atoms with Crippen molar-refractivity contribution in [3.63, 3.8) is 0 Å². The molecular weight excluding hydrogens is 364 g/mol. The van der Waals surface area contributed by atoms with Crippen molar-refractivity contribution in [2.45, 2.75) is 52.2 Å². The normalized spacial score (nSPS) is 11.8. The first-order valence-corrected chi connectivity index (χ1v) is 9.16. The highest BCUT2D eigenvalue weighted by atomic mass is 16.5. The molecule has 0 bridgehead atoms. The number of nitrogens with two attached hydrogens (primary N) is 1. The Morgan fingerprint density at radius 2 is 1.86 bits per heavy atom. The lowest BCUT2D eigenvalue weighted by Crippen LogP contribution is -2.42. The molecule has 150 valence electrons. The van der Waals surface area contributed by atoms with E-state index >= 15 is 0 Å². The van der Waals surface area contributed by atoms with Crippen LogP contribution in [-0.4, -0.2) is 33.8 Å². The van der Waals surface area contributed by atoms with Crippen molar-refractivity contribution in [2.24, 2.45) is 5.73 Å². The second-order valence-electron chi connectivity index (χ2n) is 6.38. The van der Waals surface area contributed by atoms with Gasteiger partial charge in [-0.05, 0) is 19.4 Å². The number of aryl methyl sites for hydroxylation is 1. The topological polar surface area (TPSA) is 133 Å². The summed E-state index contributed by atoms with van der Waals surface area (Å²) in [4.78, 5) is 47.8. The quantitative estimate of drug-likeness (QED) is 0.522. The van der Waals surface area contributed by atoms with Gasteiger partial charge in [-0.1, -0.05) is 44.4 Å². The number of ether oxygens (including phenoxy) is 1. The average molecular weight is 388 g/mol. The van der Waals surface area contributed by atoms with E-state index in [1.54, 1.807) is 24.3 Å². The molecule has 1 heterocycles. The van der Waals surface area contributed by atoms with Gasteiger partial charge in [0.25, 0.3) is 11.5 Å². The van der Waals surface area contributed by atoms with E-state index in [1.807, 2.05) is 5.32 Å². The van der Waals surface area contributed by atoms with Crippen LogP contribution in [0.1, 0.15) is 50.0 Å². The number of rotatable bonds is 8. The number of imide groups is 1. The monoisotopic (exact) mass is 388 g/mol. The number of carbonyl (C=O) groups excluding carboxylic acids is 3. The molecule has 0 aliphatic carbocycles. The fourth-order valence-electron chi connectivity index (χ4n) is 2.72. The van der Waals surface area contributed by atoms with Crippen molar-refractivity contribution in [1.29, 1.82) is 0 Å². The van der Waals surface area contributed by atoms with Gasteiger partial charge in [-0.3, -0.25) is 14.9 Å². The summed E-state index contributed by atoms with van der Waals surface area (Å²) in [6, 6.07) is 5.54. The van der Waals surface area contributed by atoms with Crippen molar-refractivity contribution in [3.8, 4) is 0 Å². The number of unbranched alkanes of at least 4 members (excludes halogenated alkanes) is 3. The number of primary amides is 1. The molecule has 0 fully saturated rings. The Kier molecular flexibility index (Phi) is 7.25. The van der Waals surface area contributed by atoms with E-state index in [4.69, 9.17) is 10.5 Å². The Hall–Kier alpha value is -3.23. The highest BCUT2D eigenvalue weighted by molar-refractivity contribution is 6.03. The number of nitrogens with zero attached hydrogens (tertiary/aromatic N) is 2. The number of urea groups is 1. The number of nitrogens with one attached hydrogen (secondary N) is 1. The van der Waals surface area contributed by atoms with Gasteiger partial charge in [0, 0.05) is 11.9 Å². The van der Waals surface area contributed by atoms with Gasteiger partial charge in [-0.15, -0.1) is 0 Å². The minimum absolute atomic E-state index is 0.0654. The first kappa shape index (κ1) is 21.1. The summed E-state index contributed by atoms with van der Waals surface area (Å²) in [5, 5.41) is 6.70. The Morgan fingerprint density at radius 1 is 1.18 bits per heavy atom. The molecule has 2 aromatic rings. The van der Waals surface area contributed by atoms with Gasteiger partial charge in [-0.2, -0.15) is 5.10 Å². The molecule has 0 radical (unpaired) electrons. The van der Waals surface area contributed by atoms with E-state index in [2.05, 4.69) is 12.0 Å². The molecule has 3 amide bonds. The van der Waals surface area contributed by atoms with Crippen LogP contribution in [0.3, 0.4) is 0 Å². The molecule has 0 aliphatic heterocycles. The van der Waals surface area contributed by atoms with Gasteiger partial charge in [-0.25, -0.2) is 14.3 Å². The van der Waals surface area contributed by atoms with E-state index in [0.29, 0.717) is 17.3 Å². The van der Waals surface area contributed by atoms with E-state index in [-0.39, 0.29) is 11.3 Å². The van der Waals surface area contributed by atoms with Gasteiger partial charge in [0.05, 0.1) is 5.39 Å². The van der Waals surface area contributed by atoms with Crippen LogP contribution in [0.2, 0.25) is 0 Å². The summed E-state index contributed by atoms with van der Waals surface area (Å²) in [7, 11) is 0. The zero-order chi connectivity index (χ0) is 20.7. The van der Waals surface area contributed by atoms with Gasteiger partial charge < -0.3 is 10.5 Å². The molecule has 0 aliphatic rings. The van der Waals surface area contributed by atoms with Crippen LogP contribution < -0.4 is 16.6 Å². The van der Waals surface area contributed by atoms with Crippen LogP contribution in [0.4, 0.5) is 4.79 Å². The third-order valence-corrected chi connectivity index (χ3v) is 4.18. The predicted molar refractivity (Wildman–Crippen MR) is 103 cm³/mol. The standard InChI is InChI=1S/C19H24N4O5/c1-3-4-5-8-11-23-17(25)14-10-7-6-9-13(14)15(22-23)18(26)28-12(2)16(24)21-19(20)27/h6-7,9-10,12H,3-5,8,11H2,1-2H3,(H3,20,21,24,27)/t12-/m0/s1. The second kappa shape index (κ2) is 9.63. The molecule has 9 heteroatoms. The number of amides is 3. The molecule has 1 aromatic heterocycles. The van der Waals surface area contributed by atoms with Crippen LogP contribution in [0, 0.1) is 0 Å². The maximum Gasteiger partial charge on any atom is 0.360 e. The molecule has 0 saturated heterocycles.